The van der Waals surface area contributed by atoms with E-state index in [1.807, 2.05) is 0 Å². The Kier molecular flexibility index (Phi) is 3.02. The molecule has 0 saturated carbocycles. The smallest absolute Gasteiger partial charge is 0.183 e. The van der Waals surface area contributed by atoms with Crippen LogP contribution >= 0.6 is 11.5 Å². The number of hydrogen-bond donors (Lipinski definition) is 0. The molecule has 16 heavy (non-hydrogen) atoms. The molecule has 1 heterocycles. The van der Waals surface area contributed by atoms with Crippen molar-refractivity contribution in [1.82, 2.24) is 9.59 Å². The Morgan fingerprint density at radius 3 is 2.50 bits per heavy atom. The zero-order valence-electron chi connectivity index (χ0n) is 8.62. The van der Waals surface area contributed by atoms with E-state index in [9.17, 15) is 8.42 Å². The molecule has 1 aromatic carbocycles. The Bertz CT molecular complexity index is 576. The Hall–Kier alpha value is -1.27. The number of sulfone groups is 1. The van der Waals surface area contributed by atoms with Gasteiger partial charge in [0.25, 0.3) is 0 Å². The largest absolute Gasteiger partial charge is 0.223 e. The first-order valence-electron chi connectivity index (χ1n) is 4.65. The van der Waals surface area contributed by atoms with E-state index < -0.39 is 9.84 Å². The summed E-state index contributed by atoms with van der Waals surface area (Å²) in [5, 5.41) is 3.80. The van der Waals surface area contributed by atoms with Crippen LogP contribution in [0.1, 0.15) is 10.6 Å². The van der Waals surface area contributed by atoms with Crippen LogP contribution in [0.4, 0.5) is 0 Å². The maximum Gasteiger partial charge on any atom is 0.183 e. The maximum absolute atomic E-state index is 12.0. The van der Waals surface area contributed by atoms with Gasteiger partial charge in [0.05, 0.1) is 21.2 Å². The van der Waals surface area contributed by atoms with Crippen molar-refractivity contribution in [2.45, 2.75) is 17.6 Å². The van der Waals surface area contributed by atoms with Crippen LogP contribution in [-0.4, -0.2) is 18.0 Å². The highest BCUT2D eigenvalue weighted by atomic mass is 32.2. The molecular formula is C10H10N2O2S2. The zero-order chi connectivity index (χ0) is 11.6. The van der Waals surface area contributed by atoms with E-state index >= 15 is 0 Å². The molecule has 0 aliphatic heterocycles. The summed E-state index contributed by atoms with van der Waals surface area (Å²) in [4.78, 5) is 1.03. The lowest BCUT2D eigenvalue weighted by molar-refractivity contribution is 0.595. The fourth-order valence-electron chi connectivity index (χ4n) is 1.27. The van der Waals surface area contributed by atoms with Crippen LogP contribution < -0.4 is 0 Å². The van der Waals surface area contributed by atoms with Crippen LogP contribution in [0, 0.1) is 6.92 Å². The molecule has 6 heteroatoms. The minimum absolute atomic E-state index is 0.0273. The molecule has 0 atom stereocenters. The summed E-state index contributed by atoms with van der Waals surface area (Å²) in [6.45, 7) is 1.76. The lowest BCUT2D eigenvalue weighted by Crippen LogP contribution is -2.04. The van der Waals surface area contributed by atoms with Crippen molar-refractivity contribution in [3.05, 3.63) is 40.9 Å². The quantitative estimate of drug-likeness (QED) is 0.838. The first kappa shape index (κ1) is 11.2. The monoisotopic (exact) mass is 254 g/mol. The molecule has 0 N–H and O–H groups in total. The van der Waals surface area contributed by atoms with Gasteiger partial charge in [-0.3, -0.25) is 0 Å². The van der Waals surface area contributed by atoms with Gasteiger partial charge in [0, 0.05) is 0 Å². The van der Waals surface area contributed by atoms with Crippen molar-refractivity contribution in [3.63, 3.8) is 0 Å². The van der Waals surface area contributed by atoms with Crippen LogP contribution in [0.15, 0.2) is 35.2 Å². The van der Waals surface area contributed by atoms with Gasteiger partial charge in [0.15, 0.2) is 9.84 Å². The van der Waals surface area contributed by atoms with Gasteiger partial charge in [-0.2, -0.15) is 0 Å². The Balaban J connectivity index is 2.32. The number of benzene rings is 1. The first-order chi connectivity index (χ1) is 7.59. The molecule has 1 aromatic heterocycles. The lowest BCUT2D eigenvalue weighted by atomic mass is 10.4. The van der Waals surface area contributed by atoms with Crippen LogP contribution in [0.25, 0.3) is 0 Å². The first-order valence-corrected chi connectivity index (χ1v) is 7.08. The summed E-state index contributed by atoms with van der Waals surface area (Å²) in [5.74, 6) is -0.0273. The highest BCUT2D eigenvalue weighted by Crippen LogP contribution is 2.19. The third kappa shape index (κ3) is 2.28. The van der Waals surface area contributed by atoms with Gasteiger partial charge in [-0.25, -0.2) is 8.42 Å². The molecule has 0 unspecified atom stereocenters. The van der Waals surface area contributed by atoms with Gasteiger partial charge in [-0.1, -0.05) is 22.7 Å². The predicted molar refractivity (Wildman–Crippen MR) is 62.0 cm³/mol. The molecule has 0 saturated heterocycles. The van der Waals surface area contributed by atoms with Crippen LogP contribution in [0.5, 0.6) is 0 Å². The summed E-state index contributed by atoms with van der Waals surface area (Å²) >= 11 is 1.13. The van der Waals surface area contributed by atoms with Gasteiger partial charge >= 0.3 is 0 Å². The van der Waals surface area contributed by atoms with Crippen LogP contribution in [0.2, 0.25) is 0 Å². The molecule has 84 valence electrons. The second kappa shape index (κ2) is 4.31. The predicted octanol–water partition coefficient (Wildman–Crippen LogP) is 1.82. The molecule has 0 radical (unpaired) electrons. The van der Waals surface area contributed by atoms with E-state index in [4.69, 9.17) is 0 Å². The molecule has 0 amide bonds. The minimum Gasteiger partial charge on any atom is -0.223 e. The van der Waals surface area contributed by atoms with Crippen LogP contribution in [-0.2, 0) is 15.6 Å². The molecule has 4 nitrogen and oxygen atoms in total. The van der Waals surface area contributed by atoms with Gasteiger partial charge in [-0.15, -0.1) is 5.10 Å². The summed E-state index contributed by atoms with van der Waals surface area (Å²) in [6, 6.07) is 8.41. The topological polar surface area (TPSA) is 59.9 Å². The molecule has 2 aromatic rings. The third-order valence-electron chi connectivity index (χ3n) is 2.17. The summed E-state index contributed by atoms with van der Waals surface area (Å²) < 4.78 is 27.7. The molecule has 0 aliphatic rings. The number of rotatable bonds is 3. The molecule has 2 rings (SSSR count). The SMILES string of the molecule is Cc1nnsc1CS(=O)(=O)c1ccccc1. The highest BCUT2D eigenvalue weighted by Gasteiger charge is 2.17. The van der Waals surface area contributed by atoms with E-state index in [1.165, 1.54) is 0 Å². The van der Waals surface area contributed by atoms with Gasteiger partial charge < -0.3 is 0 Å². The fraction of sp³-hybridized carbons (Fsp3) is 0.200. The average molecular weight is 254 g/mol. The number of aromatic nitrogens is 2. The summed E-state index contributed by atoms with van der Waals surface area (Å²) in [6.07, 6.45) is 0. The van der Waals surface area contributed by atoms with Gasteiger partial charge in [0.1, 0.15) is 0 Å². The Morgan fingerprint density at radius 2 is 1.94 bits per heavy atom. The van der Waals surface area contributed by atoms with Gasteiger partial charge in [-0.05, 0) is 30.6 Å². The number of hydrogen-bond acceptors (Lipinski definition) is 5. The van der Waals surface area contributed by atoms with Crippen LogP contribution in [0.3, 0.4) is 0 Å². The number of nitrogens with zero attached hydrogens (tertiary/aromatic N) is 2. The molecule has 0 spiro atoms. The second-order valence-corrected chi connectivity index (χ2v) is 6.18. The van der Waals surface area contributed by atoms with Crippen molar-refractivity contribution in [3.8, 4) is 0 Å². The molecule has 0 fully saturated rings. The molecule has 0 bridgehead atoms. The molecule has 0 aliphatic carbocycles. The summed E-state index contributed by atoms with van der Waals surface area (Å²) in [5.41, 5.74) is 0.685. The molecular weight excluding hydrogens is 244 g/mol. The van der Waals surface area contributed by atoms with E-state index in [0.717, 1.165) is 11.5 Å². The zero-order valence-corrected chi connectivity index (χ0v) is 10.3. The standard InChI is InChI=1S/C10H10N2O2S2/c1-8-10(15-12-11-8)7-16(13,14)9-5-3-2-4-6-9/h2-6H,7H2,1H3. The number of aryl methyl sites for hydroxylation is 1. The van der Waals surface area contributed by atoms with Crippen molar-refractivity contribution < 1.29 is 8.42 Å². The Morgan fingerprint density at radius 1 is 1.25 bits per heavy atom. The average Bonchev–Trinajstić information content (AvgIpc) is 2.65. The van der Waals surface area contributed by atoms with Crippen molar-refractivity contribution in [2.75, 3.05) is 0 Å². The van der Waals surface area contributed by atoms with E-state index in [-0.39, 0.29) is 5.75 Å². The third-order valence-corrected chi connectivity index (χ3v) is 4.83. The van der Waals surface area contributed by atoms with Crippen molar-refractivity contribution in [2.24, 2.45) is 0 Å². The van der Waals surface area contributed by atoms with Crippen molar-refractivity contribution >= 4 is 21.4 Å². The Labute approximate surface area is 98.0 Å². The fourth-order valence-corrected chi connectivity index (χ4v) is 3.67. The highest BCUT2D eigenvalue weighted by molar-refractivity contribution is 7.90. The summed E-state index contributed by atoms with van der Waals surface area (Å²) in [7, 11) is -3.28. The van der Waals surface area contributed by atoms with E-state index in [1.54, 1.807) is 37.3 Å². The lowest BCUT2D eigenvalue weighted by Gasteiger charge is -2.02. The van der Waals surface area contributed by atoms with E-state index in [0.29, 0.717) is 15.5 Å². The minimum atomic E-state index is -3.28. The second-order valence-electron chi connectivity index (χ2n) is 3.35. The van der Waals surface area contributed by atoms with E-state index in [2.05, 4.69) is 9.59 Å². The van der Waals surface area contributed by atoms with Gasteiger partial charge in [0.2, 0.25) is 0 Å². The van der Waals surface area contributed by atoms with Crippen molar-refractivity contribution in [1.29, 1.82) is 0 Å². The normalized spacial score (nSPS) is 11.6. The maximum atomic E-state index is 12.0.